The van der Waals surface area contributed by atoms with Crippen LogP contribution < -0.4 is 4.90 Å². The minimum absolute atomic E-state index is 0.485. The van der Waals surface area contributed by atoms with Crippen molar-refractivity contribution in [3.05, 3.63) is 204 Å². The SMILES string of the molecule is C=C/C=C(\C=C)C(/C=C(\N=C)n1c(/C=C\C)c(/C=C(\C)c2ccc3c(c2)SC(/C=C\C)=C(C=C)N3C=C)c2c(C=C)c(/C=C\C)ccc21)=NCc1ccccc1. The van der Waals surface area contributed by atoms with E-state index in [1.165, 1.54) is 0 Å². The maximum absolute atomic E-state index is 5.07. The van der Waals surface area contributed by atoms with E-state index in [1.807, 2.05) is 69.5 Å². The van der Waals surface area contributed by atoms with E-state index in [0.29, 0.717) is 18.1 Å². The molecule has 1 aliphatic heterocycles. The van der Waals surface area contributed by atoms with Crippen molar-refractivity contribution in [2.75, 3.05) is 4.90 Å². The lowest BCUT2D eigenvalue weighted by Crippen LogP contribution is -2.18. The number of hydrogen-bond acceptors (Lipinski definition) is 4. The average Bonchev–Trinajstić information content (AvgIpc) is 3.51. The van der Waals surface area contributed by atoms with Gasteiger partial charge in [-0.1, -0.05) is 142 Å². The molecule has 4 aromatic rings. The molecule has 5 heteroatoms. The predicted octanol–water partition coefficient (Wildman–Crippen LogP) is 14.4. The number of aromatic nitrogens is 1. The van der Waals surface area contributed by atoms with Crippen LogP contribution in [0.2, 0.25) is 0 Å². The van der Waals surface area contributed by atoms with E-state index in [4.69, 9.17) is 4.99 Å². The Hall–Kier alpha value is -6.43. The van der Waals surface area contributed by atoms with E-state index < -0.39 is 0 Å². The van der Waals surface area contributed by atoms with Crippen molar-refractivity contribution >= 4 is 76.5 Å². The average molecular weight is 751 g/mol. The first-order valence-electron chi connectivity index (χ1n) is 18.6. The van der Waals surface area contributed by atoms with Gasteiger partial charge in [0.2, 0.25) is 0 Å². The first-order valence-corrected chi connectivity index (χ1v) is 19.4. The topological polar surface area (TPSA) is 32.9 Å². The van der Waals surface area contributed by atoms with Gasteiger partial charge in [0.25, 0.3) is 0 Å². The molecule has 4 nitrogen and oxygen atoms in total. The summed E-state index contributed by atoms with van der Waals surface area (Å²) in [5.41, 5.74) is 12.0. The lowest BCUT2D eigenvalue weighted by Gasteiger charge is -2.30. The zero-order chi connectivity index (χ0) is 40.2. The second-order valence-corrected chi connectivity index (χ2v) is 13.9. The summed E-state index contributed by atoms with van der Waals surface area (Å²) in [6.45, 7) is 33.4. The first kappa shape index (κ1) is 40.7. The molecule has 280 valence electrons. The van der Waals surface area contributed by atoms with Crippen molar-refractivity contribution in [3.63, 3.8) is 0 Å². The fourth-order valence-electron chi connectivity index (χ4n) is 6.83. The number of nitrogens with zero attached hydrogens (tertiary/aromatic N) is 4. The molecule has 0 atom stereocenters. The highest BCUT2D eigenvalue weighted by Crippen LogP contribution is 2.46. The summed E-state index contributed by atoms with van der Waals surface area (Å²) in [5, 5.41) is 1.06. The third-order valence-corrected chi connectivity index (χ3v) is 10.5. The van der Waals surface area contributed by atoms with E-state index in [2.05, 4.69) is 146 Å². The molecule has 3 aromatic carbocycles. The van der Waals surface area contributed by atoms with E-state index >= 15 is 0 Å². The summed E-state index contributed by atoms with van der Waals surface area (Å²) in [7, 11) is 0. The van der Waals surface area contributed by atoms with Crippen LogP contribution in [0.15, 0.2) is 185 Å². The largest absolute Gasteiger partial charge is 0.316 e. The van der Waals surface area contributed by atoms with Crippen LogP contribution in [0.4, 0.5) is 5.69 Å². The van der Waals surface area contributed by atoms with Crippen LogP contribution in [0.5, 0.6) is 0 Å². The zero-order valence-electron chi connectivity index (χ0n) is 33.0. The maximum atomic E-state index is 5.07. The summed E-state index contributed by atoms with van der Waals surface area (Å²) in [6.07, 6.45) is 27.9. The van der Waals surface area contributed by atoms with Gasteiger partial charge < -0.3 is 4.90 Å². The molecule has 0 N–H and O–H groups in total. The number of rotatable bonds is 16. The fourth-order valence-corrected chi connectivity index (χ4v) is 8.01. The van der Waals surface area contributed by atoms with Gasteiger partial charge in [-0.25, -0.2) is 4.99 Å². The summed E-state index contributed by atoms with van der Waals surface area (Å²) >= 11 is 1.74. The van der Waals surface area contributed by atoms with E-state index in [0.717, 1.165) is 76.7 Å². The third kappa shape index (κ3) is 8.44. The highest BCUT2D eigenvalue weighted by molar-refractivity contribution is 8.03. The summed E-state index contributed by atoms with van der Waals surface area (Å²) in [6, 6.07) is 21.1. The smallest absolute Gasteiger partial charge is 0.138 e. The molecule has 0 saturated carbocycles. The van der Waals surface area contributed by atoms with Gasteiger partial charge in [-0.2, -0.15) is 0 Å². The Bertz CT molecular complexity index is 2450. The molecule has 0 bridgehead atoms. The molecule has 5 rings (SSSR count). The van der Waals surface area contributed by atoms with Gasteiger partial charge in [0.05, 0.1) is 34.9 Å². The number of allylic oxidation sites excluding steroid dienone is 11. The summed E-state index contributed by atoms with van der Waals surface area (Å²) in [4.78, 5) is 14.1. The Morgan fingerprint density at radius 2 is 1.59 bits per heavy atom. The van der Waals surface area contributed by atoms with Crippen molar-refractivity contribution < 1.29 is 0 Å². The normalized spacial score (nSPS) is 14.2. The van der Waals surface area contributed by atoms with Gasteiger partial charge in [-0.3, -0.25) is 9.56 Å². The van der Waals surface area contributed by atoms with Crippen LogP contribution in [0, 0.1) is 0 Å². The lowest BCUT2D eigenvalue weighted by atomic mass is 9.96. The Morgan fingerprint density at radius 1 is 0.839 bits per heavy atom. The van der Waals surface area contributed by atoms with Crippen LogP contribution >= 0.6 is 11.8 Å². The number of hydrogen-bond donors (Lipinski definition) is 0. The van der Waals surface area contributed by atoms with Crippen molar-refractivity contribution in [1.29, 1.82) is 0 Å². The van der Waals surface area contributed by atoms with Crippen LogP contribution in [0.1, 0.15) is 61.2 Å². The molecular formula is C51H50N4S. The van der Waals surface area contributed by atoms with Gasteiger partial charge in [0, 0.05) is 33.0 Å². The molecule has 0 saturated heterocycles. The minimum atomic E-state index is 0.485. The summed E-state index contributed by atoms with van der Waals surface area (Å²) < 4.78 is 2.16. The first-order chi connectivity index (χ1) is 27.3. The molecule has 0 fully saturated rings. The lowest BCUT2D eigenvalue weighted by molar-refractivity contribution is 1.07. The molecule has 56 heavy (non-hydrogen) atoms. The van der Waals surface area contributed by atoms with E-state index in [1.54, 1.807) is 23.9 Å². The maximum Gasteiger partial charge on any atom is 0.138 e. The number of anilines is 1. The van der Waals surface area contributed by atoms with Crippen molar-refractivity contribution in [2.45, 2.75) is 39.1 Å². The minimum Gasteiger partial charge on any atom is -0.316 e. The summed E-state index contributed by atoms with van der Waals surface area (Å²) in [5.74, 6) is 0.619. The fraction of sp³-hybridized carbons (Fsp3) is 0.0980. The molecular weight excluding hydrogens is 701 g/mol. The molecule has 1 aromatic heterocycles. The number of fused-ring (bicyclic) bond motifs is 2. The second kappa shape index (κ2) is 19.2. The van der Waals surface area contributed by atoms with Crippen LogP contribution in [0.3, 0.4) is 0 Å². The highest BCUT2D eigenvalue weighted by atomic mass is 32.2. The van der Waals surface area contributed by atoms with Gasteiger partial charge in [0.1, 0.15) is 5.82 Å². The van der Waals surface area contributed by atoms with Crippen LogP contribution in [-0.2, 0) is 6.54 Å². The zero-order valence-corrected chi connectivity index (χ0v) is 33.8. The Kier molecular flexibility index (Phi) is 14.0. The van der Waals surface area contributed by atoms with Gasteiger partial charge >= 0.3 is 0 Å². The van der Waals surface area contributed by atoms with Gasteiger partial charge in [0.15, 0.2) is 0 Å². The number of thioether (sulfide) groups is 1. The molecule has 2 heterocycles. The van der Waals surface area contributed by atoms with Crippen LogP contribution in [0.25, 0.3) is 46.6 Å². The van der Waals surface area contributed by atoms with Gasteiger partial charge in [-0.05, 0) is 104 Å². The molecule has 0 amide bonds. The van der Waals surface area contributed by atoms with E-state index in [-0.39, 0.29) is 0 Å². The molecule has 0 radical (unpaired) electrons. The Balaban J connectivity index is 1.80. The Labute approximate surface area is 337 Å². The van der Waals surface area contributed by atoms with Gasteiger partial charge in [-0.15, -0.1) is 0 Å². The monoisotopic (exact) mass is 750 g/mol. The number of benzene rings is 3. The molecule has 0 aliphatic carbocycles. The predicted molar refractivity (Wildman–Crippen MR) is 252 cm³/mol. The molecule has 0 unspecified atom stereocenters. The Morgan fingerprint density at radius 3 is 2.21 bits per heavy atom. The van der Waals surface area contributed by atoms with Crippen molar-refractivity contribution in [3.8, 4) is 0 Å². The van der Waals surface area contributed by atoms with E-state index in [9.17, 15) is 0 Å². The molecule has 0 spiro atoms. The highest BCUT2D eigenvalue weighted by Gasteiger charge is 2.24. The number of aliphatic imine (C=N–C) groups is 2. The molecule has 1 aliphatic rings. The standard InChI is InChI=1S/C51H50N4S/c1-11-22-38(15-5)43(53-35-37-26-20-19-21-27-37)34-50(52-10)55-45(24-13-3)42(51-41(16-6)39(23-12-2)28-31-47(51)55)32-36(9)40-29-30-46-49(33-40)56-48(25-14-4)44(17-7)54(46)18-8/h11-34H,1,5-8,10,35H2,2-4,9H3/b23-12-,24-13-,25-14-,36-32+,38-22+,50-34+,53-43?. The van der Waals surface area contributed by atoms with Crippen LogP contribution in [-0.4, -0.2) is 17.0 Å². The third-order valence-electron chi connectivity index (χ3n) is 9.37. The van der Waals surface area contributed by atoms with Crippen molar-refractivity contribution in [1.82, 2.24) is 4.57 Å². The quantitative estimate of drug-likeness (QED) is 0.0844. The second-order valence-electron chi connectivity index (χ2n) is 12.8. The van der Waals surface area contributed by atoms with Crippen molar-refractivity contribution in [2.24, 2.45) is 9.98 Å².